The van der Waals surface area contributed by atoms with Crippen LogP contribution in [0.15, 0.2) is 24.5 Å². The Morgan fingerprint density at radius 3 is 2.47 bits per heavy atom. The van der Waals surface area contributed by atoms with Crippen molar-refractivity contribution in [3.63, 3.8) is 0 Å². The summed E-state index contributed by atoms with van der Waals surface area (Å²) in [5, 5.41) is 3.42. The Labute approximate surface area is 104 Å². The molecule has 1 atom stereocenters. The highest BCUT2D eigenvalue weighted by Crippen LogP contribution is 2.16. The molecule has 1 saturated heterocycles. The summed E-state index contributed by atoms with van der Waals surface area (Å²) >= 11 is 0. The summed E-state index contributed by atoms with van der Waals surface area (Å²) in [5.74, 6) is 0.696. The van der Waals surface area contributed by atoms with Gasteiger partial charge in [0.2, 0.25) is 0 Å². The van der Waals surface area contributed by atoms with E-state index in [0.717, 1.165) is 19.5 Å². The fourth-order valence-corrected chi connectivity index (χ4v) is 2.56. The molecule has 0 aromatic carbocycles. The lowest BCUT2D eigenvalue weighted by atomic mass is 9.95. The predicted octanol–water partition coefficient (Wildman–Crippen LogP) is 1.55. The fraction of sp³-hybridized carbons (Fsp3) is 0.643. The number of nitrogens with one attached hydrogen (secondary N) is 1. The number of aromatic nitrogens is 1. The molecule has 0 saturated carbocycles. The highest BCUT2D eigenvalue weighted by molar-refractivity contribution is 5.11. The summed E-state index contributed by atoms with van der Waals surface area (Å²) in [7, 11) is 0. The van der Waals surface area contributed by atoms with Crippen molar-refractivity contribution >= 4 is 0 Å². The Morgan fingerprint density at radius 1 is 1.24 bits per heavy atom. The normalized spacial score (nSPS) is 19.5. The Kier molecular flexibility index (Phi) is 4.51. The first-order valence-electron chi connectivity index (χ1n) is 6.61. The van der Waals surface area contributed by atoms with Gasteiger partial charge in [-0.2, -0.15) is 0 Å². The molecule has 1 unspecified atom stereocenters. The molecule has 17 heavy (non-hydrogen) atoms. The van der Waals surface area contributed by atoms with Gasteiger partial charge in [-0.3, -0.25) is 9.88 Å². The van der Waals surface area contributed by atoms with Gasteiger partial charge in [0.25, 0.3) is 0 Å². The van der Waals surface area contributed by atoms with E-state index in [9.17, 15) is 0 Å². The smallest absolute Gasteiger partial charge is 0.0270 e. The SMILES string of the molecule is CC(C)C(Cc1ccncc1)N1CCNCC1. The maximum atomic E-state index is 4.09. The predicted molar refractivity (Wildman–Crippen MR) is 71.0 cm³/mol. The molecule has 0 bridgehead atoms. The second-order valence-electron chi connectivity index (χ2n) is 5.16. The lowest BCUT2D eigenvalue weighted by molar-refractivity contribution is 0.136. The second-order valence-corrected chi connectivity index (χ2v) is 5.16. The van der Waals surface area contributed by atoms with E-state index in [4.69, 9.17) is 0 Å². The minimum absolute atomic E-state index is 0.652. The maximum absolute atomic E-state index is 4.09. The monoisotopic (exact) mass is 233 g/mol. The van der Waals surface area contributed by atoms with Crippen LogP contribution in [0.4, 0.5) is 0 Å². The van der Waals surface area contributed by atoms with Gasteiger partial charge in [0.1, 0.15) is 0 Å². The lowest BCUT2D eigenvalue weighted by Gasteiger charge is -2.37. The van der Waals surface area contributed by atoms with Crippen LogP contribution in [0, 0.1) is 5.92 Å². The summed E-state index contributed by atoms with van der Waals surface area (Å²) < 4.78 is 0. The average molecular weight is 233 g/mol. The van der Waals surface area contributed by atoms with Gasteiger partial charge in [0.05, 0.1) is 0 Å². The first kappa shape index (κ1) is 12.5. The molecule has 0 spiro atoms. The molecule has 3 heteroatoms. The molecule has 1 aromatic rings. The van der Waals surface area contributed by atoms with Crippen LogP contribution in [0.1, 0.15) is 19.4 Å². The molecule has 3 nitrogen and oxygen atoms in total. The van der Waals surface area contributed by atoms with E-state index < -0.39 is 0 Å². The zero-order valence-electron chi connectivity index (χ0n) is 10.9. The van der Waals surface area contributed by atoms with E-state index in [1.807, 2.05) is 12.4 Å². The number of pyridine rings is 1. The molecule has 0 radical (unpaired) electrons. The van der Waals surface area contributed by atoms with Crippen molar-refractivity contribution in [2.24, 2.45) is 5.92 Å². The van der Waals surface area contributed by atoms with Gasteiger partial charge >= 0.3 is 0 Å². The van der Waals surface area contributed by atoms with Gasteiger partial charge in [-0.15, -0.1) is 0 Å². The van der Waals surface area contributed by atoms with Crippen molar-refractivity contribution in [3.8, 4) is 0 Å². The minimum atomic E-state index is 0.652. The van der Waals surface area contributed by atoms with E-state index >= 15 is 0 Å². The van der Waals surface area contributed by atoms with Crippen LogP contribution in [0.3, 0.4) is 0 Å². The summed E-state index contributed by atoms with van der Waals surface area (Å²) in [6.07, 6.45) is 4.93. The molecule has 1 aliphatic rings. The average Bonchev–Trinajstić information content (AvgIpc) is 2.38. The number of hydrogen-bond acceptors (Lipinski definition) is 3. The standard InChI is InChI=1S/C14H23N3/c1-12(2)14(17-9-7-16-8-10-17)11-13-3-5-15-6-4-13/h3-6,12,14,16H,7-11H2,1-2H3. The third-order valence-electron chi connectivity index (χ3n) is 3.58. The fourth-order valence-electron chi connectivity index (χ4n) is 2.56. The molecule has 0 amide bonds. The summed E-state index contributed by atoms with van der Waals surface area (Å²) in [5.41, 5.74) is 1.40. The first-order chi connectivity index (χ1) is 8.27. The molecule has 0 aliphatic carbocycles. The summed E-state index contributed by atoms with van der Waals surface area (Å²) in [6.45, 7) is 9.25. The number of nitrogens with zero attached hydrogens (tertiary/aromatic N) is 2. The number of hydrogen-bond donors (Lipinski definition) is 1. The van der Waals surface area contributed by atoms with Gasteiger partial charge in [0, 0.05) is 44.6 Å². The quantitative estimate of drug-likeness (QED) is 0.855. The van der Waals surface area contributed by atoms with E-state index in [-0.39, 0.29) is 0 Å². The molecule has 1 N–H and O–H groups in total. The van der Waals surface area contributed by atoms with Crippen LogP contribution in [0.5, 0.6) is 0 Å². The van der Waals surface area contributed by atoms with Crippen LogP contribution in [-0.4, -0.2) is 42.1 Å². The Morgan fingerprint density at radius 2 is 1.88 bits per heavy atom. The highest BCUT2D eigenvalue weighted by Gasteiger charge is 2.23. The van der Waals surface area contributed by atoms with Crippen molar-refractivity contribution in [1.29, 1.82) is 0 Å². The molecule has 2 rings (SSSR count). The maximum Gasteiger partial charge on any atom is 0.0270 e. The van der Waals surface area contributed by atoms with Crippen molar-refractivity contribution in [2.45, 2.75) is 26.3 Å². The third kappa shape index (κ3) is 3.51. The molecule has 1 fully saturated rings. The first-order valence-corrected chi connectivity index (χ1v) is 6.61. The van der Waals surface area contributed by atoms with E-state index in [0.29, 0.717) is 12.0 Å². The molecular weight excluding hydrogens is 210 g/mol. The summed E-state index contributed by atoms with van der Waals surface area (Å²) in [4.78, 5) is 6.71. The summed E-state index contributed by atoms with van der Waals surface area (Å²) in [6, 6.07) is 4.93. The van der Waals surface area contributed by atoms with Crippen LogP contribution < -0.4 is 5.32 Å². The van der Waals surface area contributed by atoms with Crippen molar-refractivity contribution in [1.82, 2.24) is 15.2 Å². The van der Waals surface area contributed by atoms with Gasteiger partial charge in [-0.1, -0.05) is 13.8 Å². The van der Waals surface area contributed by atoms with Crippen LogP contribution in [0.25, 0.3) is 0 Å². The Hall–Kier alpha value is -0.930. The lowest BCUT2D eigenvalue weighted by Crippen LogP contribution is -2.50. The van der Waals surface area contributed by atoms with Gasteiger partial charge in [0.15, 0.2) is 0 Å². The largest absolute Gasteiger partial charge is 0.314 e. The number of piperazine rings is 1. The minimum Gasteiger partial charge on any atom is -0.314 e. The third-order valence-corrected chi connectivity index (χ3v) is 3.58. The molecule has 2 heterocycles. The molecule has 94 valence electrons. The van der Waals surface area contributed by atoms with Crippen molar-refractivity contribution < 1.29 is 0 Å². The zero-order chi connectivity index (χ0) is 12.1. The topological polar surface area (TPSA) is 28.2 Å². The van der Waals surface area contributed by atoms with Gasteiger partial charge in [-0.25, -0.2) is 0 Å². The Bertz CT molecular complexity index is 317. The zero-order valence-corrected chi connectivity index (χ0v) is 10.9. The van der Waals surface area contributed by atoms with Gasteiger partial charge < -0.3 is 5.32 Å². The van der Waals surface area contributed by atoms with Crippen LogP contribution >= 0.6 is 0 Å². The van der Waals surface area contributed by atoms with E-state index in [1.54, 1.807) is 0 Å². The van der Waals surface area contributed by atoms with Gasteiger partial charge in [-0.05, 0) is 30.0 Å². The second kappa shape index (κ2) is 6.12. The number of rotatable bonds is 4. The van der Waals surface area contributed by atoms with E-state index in [1.165, 1.54) is 18.7 Å². The van der Waals surface area contributed by atoms with Crippen molar-refractivity contribution in [3.05, 3.63) is 30.1 Å². The van der Waals surface area contributed by atoms with Crippen LogP contribution in [-0.2, 0) is 6.42 Å². The highest BCUT2D eigenvalue weighted by atomic mass is 15.2. The van der Waals surface area contributed by atoms with Crippen molar-refractivity contribution in [2.75, 3.05) is 26.2 Å². The van der Waals surface area contributed by atoms with E-state index in [2.05, 4.69) is 41.2 Å². The molecule has 1 aliphatic heterocycles. The Balaban J connectivity index is 2.01. The van der Waals surface area contributed by atoms with Crippen LogP contribution in [0.2, 0.25) is 0 Å². The molecule has 1 aromatic heterocycles. The molecular formula is C14H23N3.